The van der Waals surface area contributed by atoms with Gasteiger partial charge in [0.2, 0.25) is 0 Å². The molecule has 1 rings (SSSR count). The number of benzene rings is 1. The highest BCUT2D eigenvalue weighted by molar-refractivity contribution is 8.22. The van der Waals surface area contributed by atoms with Gasteiger partial charge in [0.1, 0.15) is 4.32 Å². The molecule has 0 aliphatic heterocycles. The van der Waals surface area contributed by atoms with E-state index in [0.717, 1.165) is 23.0 Å². The second-order valence-corrected chi connectivity index (χ2v) is 5.33. The first kappa shape index (κ1) is 14.5. The second kappa shape index (κ2) is 7.69. The van der Waals surface area contributed by atoms with Crippen LogP contribution in [0.2, 0.25) is 0 Å². The fourth-order valence-corrected chi connectivity index (χ4v) is 2.89. The summed E-state index contributed by atoms with van der Waals surface area (Å²) >= 11 is 6.86. The topological polar surface area (TPSA) is 23.5 Å². The van der Waals surface area contributed by atoms with Crippen LogP contribution in [0.4, 0.5) is 0 Å². The summed E-state index contributed by atoms with van der Waals surface area (Å²) in [7, 11) is 0. The zero-order valence-corrected chi connectivity index (χ0v) is 11.9. The maximum atomic E-state index is 10.00. The van der Waals surface area contributed by atoms with E-state index in [-0.39, 0.29) is 0 Å². The molecule has 1 aromatic carbocycles. The average Bonchev–Trinajstić information content (AvgIpc) is 2.38. The molecule has 0 heterocycles. The summed E-state index contributed by atoms with van der Waals surface area (Å²) in [5.41, 5.74) is 0.947. The van der Waals surface area contributed by atoms with Crippen LogP contribution in [-0.4, -0.2) is 33.2 Å². The number of thioether (sulfide) groups is 1. The molecule has 0 saturated carbocycles. The highest BCUT2D eigenvalue weighted by Crippen LogP contribution is 2.20. The van der Waals surface area contributed by atoms with Crippen LogP contribution >= 0.6 is 24.0 Å². The average molecular weight is 269 g/mol. The van der Waals surface area contributed by atoms with Crippen molar-refractivity contribution in [1.82, 2.24) is 4.90 Å². The largest absolute Gasteiger partial charge is 0.388 e. The second-order valence-electron chi connectivity index (χ2n) is 3.68. The fraction of sp³-hybridized carbons (Fsp3) is 0.462. The summed E-state index contributed by atoms with van der Waals surface area (Å²) in [5, 5.41) is 10.00. The Bertz CT molecular complexity index is 339. The molecule has 0 aromatic heterocycles. The lowest BCUT2D eigenvalue weighted by Crippen LogP contribution is -2.27. The van der Waals surface area contributed by atoms with Crippen LogP contribution in [0, 0.1) is 0 Å². The van der Waals surface area contributed by atoms with Crippen molar-refractivity contribution >= 4 is 28.3 Å². The van der Waals surface area contributed by atoms with Crippen molar-refractivity contribution in [2.75, 3.05) is 18.8 Å². The molecule has 17 heavy (non-hydrogen) atoms. The van der Waals surface area contributed by atoms with Crippen LogP contribution in [0.1, 0.15) is 25.5 Å². The minimum atomic E-state index is -0.449. The molecule has 1 unspecified atom stereocenters. The highest BCUT2D eigenvalue weighted by Gasteiger charge is 2.11. The van der Waals surface area contributed by atoms with Gasteiger partial charge in [-0.25, -0.2) is 0 Å². The van der Waals surface area contributed by atoms with Crippen molar-refractivity contribution in [3.8, 4) is 0 Å². The maximum Gasteiger partial charge on any atom is 0.136 e. The quantitative estimate of drug-likeness (QED) is 0.830. The van der Waals surface area contributed by atoms with Crippen LogP contribution in [0.15, 0.2) is 30.3 Å². The van der Waals surface area contributed by atoms with Crippen molar-refractivity contribution in [1.29, 1.82) is 0 Å². The van der Waals surface area contributed by atoms with Crippen LogP contribution in [0.3, 0.4) is 0 Å². The number of hydrogen-bond acceptors (Lipinski definition) is 3. The van der Waals surface area contributed by atoms with Gasteiger partial charge in [-0.15, -0.1) is 0 Å². The molecule has 1 atom stereocenters. The molecule has 0 saturated heterocycles. The van der Waals surface area contributed by atoms with E-state index in [4.69, 9.17) is 12.2 Å². The lowest BCUT2D eigenvalue weighted by atomic mass is 10.1. The summed E-state index contributed by atoms with van der Waals surface area (Å²) in [4.78, 5) is 2.12. The van der Waals surface area contributed by atoms with E-state index in [1.807, 2.05) is 30.3 Å². The van der Waals surface area contributed by atoms with Crippen LogP contribution < -0.4 is 0 Å². The smallest absolute Gasteiger partial charge is 0.136 e. The Balaban J connectivity index is 2.43. The first-order valence-corrected chi connectivity index (χ1v) is 7.23. The molecule has 0 fully saturated rings. The van der Waals surface area contributed by atoms with Gasteiger partial charge in [-0.05, 0) is 19.4 Å². The lowest BCUT2D eigenvalue weighted by molar-refractivity contribution is 0.204. The molecule has 0 spiro atoms. The molecule has 2 nitrogen and oxygen atoms in total. The van der Waals surface area contributed by atoms with E-state index >= 15 is 0 Å². The van der Waals surface area contributed by atoms with Gasteiger partial charge in [-0.2, -0.15) is 0 Å². The molecular formula is C13H19NOS2. The molecule has 1 N–H and O–H groups in total. The van der Waals surface area contributed by atoms with Gasteiger partial charge < -0.3 is 10.0 Å². The molecule has 94 valence electrons. The SMILES string of the molecule is CCN(CC)C(=S)SCC(O)c1ccccc1. The molecule has 0 bridgehead atoms. The van der Waals surface area contributed by atoms with Gasteiger partial charge in [0.05, 0.1) is 6.10 Å². The highest BCUT2D eigenvalue weighted by atomic mass is 32.2. The van der Waals surface area contributed by atoms with Crippen molar-refractivity contribution in [3.63, 3.8) is 0 Å². The van der Waals surface area contributed by atoms with Gasteiger partial charge in [0, 0.05) is 18.8 Å². The first-order valence-electron chi connectivity index (χ1n) is 5.83. The Morgan fingerprint density at radius 3 is 2.41 bits per heavy atom. The Morgan fingerprint density at radius 1 is 1.29 bits per heavy atom. The summed E-state index contributed by atoms with van der Waals surface area (Å²) in [6, 6.07) is 9.69. The predicted octanol–water partition coefficient (Wildman–Crippen LogP) is 3.08. The van der Waals surface area contributed by atoms with E-state index in [9.17, 15) is 5.11 Å². The van der Waals surface area contributed by atoms with E-state index in [1.54, 1.807) is 11.8 Å². The van der Waals surface area contributed by atoms with Crippen molar-refractivity contribution in [3.05, 3.63) is 35.9 Å². The van der Waals surface area contributed by atoms with Gasteiger partial charge in [0.15, 0.2) is 0 Å². The Kier molecular flexibility index (Phi) is 6.55. The molecule has 0 amide bonds. The Hall–Kier alpha value is -0.580. The number of hydrogen-bond donors (Lipinski definition) is 1. The van der Waals surface area contributed by atoms with E-state index in [1.165, 1.54) is 0 Å². The van der Waals surface area contributed by atoms with Crippen molar-refractivity contribution in [2.45, 2.75) is 20.0 Å². The van der Waals surface area contributed by atoms with E-state index in [0.29, 0.717) is 5.75 Å². The summed E-state index contributed by atoms with van der Waals surface area (Å²) in [6.07, 6.45) is -0.449. The number of thiocarbonyl (C=S) groups is 1. The summed E-state index contributed by atoms with van der Waals surface area (Å²) < 4.78 is 0.866. The van der Waals surface area contributed by atoms with E-state index in [2.05, 4.69) is 18.7 Å². The third-order valence-corrected chi connectivity index (χ3v) is 4.17. The molecule has 0 aliphatic rings. The van der Waals surface area contributed by atoms with Gasteiger partial charge in [0.25, 0.3) is 0 Å². The minimum absolute atomic E-state index is 0.449. The molecule has 0 aliphatic carbocycles. The van der Waals surface area contributed by atoms with Crippen molar-refractivity contribution in [2.24, 2.45) is 0 Å². The monoisotopic (exact) mass is 269 g/mol. The zero-order valence-electron chi connectivity index (χ0n) is 10.3. The third-order valence-electron chi connectivity index (χ3n) is 2.57. The zero-order chi connectivity index (χ0) is 12.7. The number of rotatable bonds is 5. The first-order chi connectivity index (χ1) is 8.19. The van der Waals surface area contributed by atoms with Gasteiger partial charge >= 0.3 is 0 Å². The normalized spacial score (nSPS) is 12.2. The molecular weight excluding hydrogens is 250 g/mol. The maximum absolute atomic E-state index is 10.00. The van der Waals surface area contributed by atoms with Crippen molar-refractivity contribution < 1.29 is 5.11 Å². The predicted molar refractivity (Wildman–Crippen MR) is 79.4 cm³/mol. The molecule has 0 radical (unpaired) electrons. The summed E-state index contributed by atoms with van der Waals surface area (Å²) in [6.45, 7) is 6.02. The molecule has 1 aromatic rings. The number of nitrogens with zero attached hydrogens (tertiary/aromatic N) is 1. The summed E-state index contributed by atoms with van der Waals surface area (Å²) in [5.74, 6) is 0.610. The number of aliphatic hydroxyl groups is 1. The molecule has 4 heteroatoms. The third kappa shape index (κ3) is 4.66. The van der Waals surface area contributed by atoms with Crippen LogP contribution in [0.5, 0.6) is 0 Å². The Morgan fingerprint density at radius 2 is 1.88 bits per heavy atom. The minimum Gasteiger partial charge on any atom is -0.388 e. The van der Waals surface area contributed by atoms with Gasteiger partial charge in [-0.1, -0.05) is 54.3 Å². The van der Waals surface area contributed by atoms with Crippen LogP contribution in [-0.2, 0) is 0 Å². The standard InChI is InChI=1S/C13H19NOS2/c1-3-14(4-2)13(16)17-10-12(15)11-8-6-5-7-9-11/h5-9,12,15H,3-4,10H2,1-2H3. The number of aliphatic hydroxyl groups excluding tert-OH is 1. The Labute approximate surface area is 113 Å². The lowest BCUT2D eigenvalue weighted by Gasteiger charge is -2.21. The van der Waals surface area contributed by atoms with Gasteiger partial charge in [-0.3, -0.25) is 0 Å². The van der Waals surface area contributed by atoms with E-state index < -0.39 is 6.10 Å². The van der Waals surface area contributed by atoms with Crippen LogP contribution in [0.25, 0.3) is 0 Å². The fourth-order valence-electron chi connectivity index (χ4n) is 1.49.